The van der Waals surface area contributed by atoms with E-state index in [0.29, 0.717) is 17.8 Å². The minimum atomic E-state index is -0.173. The molecule has 2 aromatic carbocycles. The summed E-state index contributed by atoms with van der Waals surface area (Å²) < 4.78 is 1.95. The quantitative estimate of drug-likeness (QED) is 0.286. The average molecular weight is 514 g/mol. The predicted octanol–water partition coefficient (Wildman–Crippen LogP) is 5.97. The fourth-order valence-corrected chi connectivity index (χ4v) is 4.71. The number of pyridine rings is 1. The average Bonchev–Trinajstić information content (AvgIpc) is 3.58. The highest BCUT2D eigenvalue weighted by Gasteiger charge is 2.15. The Labute approximate surface area is 225 Å². The van der Waals surface area contributed by atoms with Gasteiger partial charge in [-0.05, 0) is 86.0 Å². The Kier molecular flexibility index (Phi) is 6.20. The molecule has 39 heavy (non-hydrogen) atoms. The maximum Gasteiger partial charge on any atom is 0.255 e. The van der Waals surface area contributed by atoms with Gasteiger partial charge in [-0.25, -0.2) is 15.0 Å². The Morgan fingerprint density at radius 3 is 2.72 bits per heavy atom. The van der Waals surface area contributed by atoms with Gasteiger partial charge in [0.15, 0.2) is 0 Å². The van der Waals surface area contributed by atoms with Crippen LogP contribution in [0, 0.1) is 20.8 Å². The molecule has 1 amide bonds. The van der Waals surface area contributed by atoms with Crippen LogP contribution >= 0.6 is 0 Å². The van der Waals surface area contributed by atoms with Crippen molar-refractivity contribution in [3.63, 3.8) is 0 Å². The fourth-order valence-electron chi connectivity index (χ4n) is 4.71. The summed E-state index contributed by atoms with van der Waals surface area (Å²) in [5, 5.41) is 3.06. The van der Waals surface area contributed by atoms with Gasteiger partial charge in [-0.1, -0.05) is 6.07 Å². The SMILES string of the molecule is Cc1cc(NC(=O)c2ccc(C)c(Cc3nc(-c4cccnc4)c4[nH]ccc4n3)c2)cc(-n2cnc(C)c2)c1. The normalized spacial score (nSPS) is 11.2. The maximum absolute atomic E-state index is 13.3. The van der Waals surface area contributed by atoms with E-state index in [1.165, 1.54) is 0 Å². The largest absolute Gasteiger partial charge is 0.358 e. The lowest BCUT2D eigenvalue weighted by molar-refractivity contribution is 0.102. The second kappa shape index (κ2) is 9.98. The van der Waals surface area contributed by atoms with E-state index >= 15 is 0 Å². The first-order valence-corrected chi connectivity index (χ1v) is 12.7. The van der Waals surface area contributed by atoms with Crippen LogP contribution in [0.15, 0.2) is 85.7 Å². The zero-order valence-electron chi connectivity index (χ0n) is 21.9. The first-order chi connectivity index (χ1) is 18.9. The molecule has 0 spiro atoms. The van der Waals surface area contributed by atoms with Crippen molar-refractivity contribution >= 4 is 22.6 Å². The van der Waals surface area contributed by atoms with Gasteiger partial charge >= 0.3 is 0 Å². The molecular formula is C31H27N7O. The number of H-pyrrole nitrogens is 1. The van der Waals surface area contributed by atoms with E-state index in [9.17, 15) is 4.79 Å². The van der Waals surface area contributed by atoms with E-state index in [-0.39, 0.29) is 5.91 Å². The van der Waals surface area contributed by atoms with Gasteiger partial charge in [-0.3, -0.25) is 9.78 Å². The second-order valence-corrected chi connectivity index (χ2v) is 9.72. The van der Waals surface area contributed by atoms with Crippen LogP contribution in [0.2, 0.25) is 0 Å². The Morgan fingerprint density at radius 1 is 1.03 bits per heavy atom. The van der Waals surface area contributed by atoms with Gasteiger partial charge in [0.2, 0.25) is 0 Å². The van der Waals surface area contributed by atoms with Crippen LogP contribution < -0.4 is 5.32 Å². The monoisotopic (exact) mass is 513 g/mol. The standard InChI is InChI=1S/C31H27N7O/c1-19-11-25(15-26(12-19)38-17-21(3)34-18-38)35-31(39)22-7-6-20(2)24(13-22)14-28-36-27-8-10-33-30(27)29(37-28)23-5-4-9-32-16-23/h4-13,15-18,33H,14H2,1-3H3,(H,35,39). The lowest BCUT2D eigenvalue weighted by atomic mass is 10.0. The Hall–Kier alpha value is -5.11. The van der Waals surface area contributed by atoms with Crippen LogP contribution in [0.4, 0.5) is 5.69 Å². The van der Waals surface area contributed by atoms with Crippen molar-refractivity contribution in [3.8, 4) is 16.9 Å². The maximum atomic E-state index is 13.3. The number of rotatable bonds is 6. The molecule has 0 radical (unpaired) electrons. The van der Waals surface area contributed by atoms with Gasteiger partial charge < -0.3 is 14.9 Å². The molecule has 0 atom stereocenters. The highest BCUT2D eigenvalue weighted by molar-refractivity contribution is 6.04. The number of benzene rings is 2. The van der Waals surface area contributed by atoms with E-state index in [1.54, 1.807) is 18.7 Å². The van der Waals surface area contributed by atoms with Gasteiger partial charge in [0, 0.05) is 53.7 Å². The minimum Gasteiger partial charge on any atom is -0.358 e. The molecule has 0 aliphatic rings. The van der Waals surface area contributed by atoms with Crippen LogP contribution in [0.5, 0.6) is 0 Å². The molecule has 8 nitrogen and oxygen atoms in total. The van der Waals surface area contributed by atoms with E-state index in [4.69, 9.17) is 9.97 Å². The Morgan fingerprint density at radius 2 is 1.92 bits per heavy atom. The lowest BCUT2D eigenvalue weighted by Gasteiger charge is -2.12. The molecule has 6 rings (SSSR count). The van der Waals surface area contributed by atoms with Gasteiger partial charge in [-0.2, -0.15) is 0 Å². The van der Waals surface area contributed by atoms with Crippen molar-refractivity contribution in [3.05, 3.63) is 119 Å². The zero-order valence-corrected chi connectivity index (χ0v) is 21.9. The lowest BCUT2D eigenvalue weighted by Crippen LogP contribution is -2.13. The topological polar surface area (TPSA) is 101 Å². The fraction of sp³-hybridized carbons (Fsp3) is 0.129. The van der Waals surface area contributed by atoms with E-state index in [0.717, 1.165) is 56.0 Å². The molecule has 8 heteroatoms. The van der Waals surface area contributed by atoms with Crippen LogP contribution in [0.25, 0.3) is 28.0 Å². The molecule has 4 heterocycles. The molecule has 0 aliphatic carbocycles. The number of nitrogens with zero attached hydrogens (tertiary/aromatic N) is 5. The molecule has 0 bridgehead atoms. The predicted molar refractivity (Wildman–Crippen MR) is 152 cm³/mol. The van der Waals surface area contributed by atoms with Crippen molar-refractivity contribution < 1.29 is 4.79 Å². The number of anilines is 1. The number of hydrogen-bond donors (Lipinski definition) is 2. The summed E-state index contributed by atoms with van der Waals surface area (Å²) in [6.07, 6.45) is 9.63. The molecule has 192 valence electrons. The smallest absolute Gasteiger partial charge is 0.255 e. The van der Waals surface area contributed by atoms with Gasteiger partial charge in [0.1, 0.15) is 5.82 Å². The van der Waals surface area contributed by atoms with E-state index in [1.807, 2.05) is 86.3 Å². The molecule has 0 saturated carbocycles. The molecule has 0 fully saturated rings. The number of aromatic amines is 1. The Bertz CT molecular complexity index is 1820. The van der Waals surface area contributed by atoms with Gasteiger partial charge in [-0.15, -0.1) is 0 Å². The summed E-state index contributed by atoms with van der Waals surface area (Å²) >= 11 is 0. The molecular weight excluding hydrogens is 486 g/mol. The molecule has 0 unspecified atom stereocenters. The summed E-state index contributed by atoms with van der Waals surface area (Å²) in [7, 11) is 0. The summed E-state index contributed by atoms with van der Waals surface area (Å²) in [5.41, 5.74) is 9.73. The zero-order chi connectivity index (χ0) is 26.9. The highest BCUT2D eigenvalue weighted by Crippen LogP contribution is 2.26. The number of amides is 1. The van der Waals surface area contributed by atoms with Crippen LogP contribution in [0.3, 0.4) is 0 Å². The molecule has 6 aromatic rings. The molecule has 2 N–H and O–H groups in total. The summed E-state index contributed by atoms with van der Waals surface area (Å²) in [5.74, 6) is 0.508. The van der Waals surface area contributed by atoms with Crippen molar-refractivity contribution in [1.29, 1.82) is 0 Å². The van der Waals surface area contributed by atoms with Crippen LogP contribution in [-0.2, 0) is 6.42 Å². The number of aryl methyl sites for hydroxylation is 3. The number of carbonyl (C=O) groups is 1. The van der Waals surface area contributed by atoms with Gasteiger partial charge in [0.05, 0.1) is 28.7 Å². The summed E-state index contributed by atoms with van der Waals surface area (Å²) in [4.78, 5) is 34.8. The summed E-state index contributed by atoms with van der Waals surface area (Å²) in [6.45, 7) is 5.99. The molecule has 4 aromatic heterocycles. The van der Waals surface area contributed by atoms with Crippen molar-refractivity contribution in [2.45, 2.75) is 27.2 Å². The van der Waals surface area contributed by atoms with Crippen molar-refractivity contribution in [2.24, 2.45) is 0 Å². The third-order valence-electron chi connectivity index (χ3n) is 6.68. The Balaban J connectivity index is 1.28. The van der Waals surface area contributed by atoms with E-state index < -0.39 is 0 Å². The number of imidazole rings is 1. The van der Waals surface area contributed by atoms with Crippen LogP contribution in [0.1, 0.15) is 38.6 Å². The number of nitrogens with one attached hydrogen (secondary N) is 2. The van der Waals surface area contributed by atoms with Crippen molar-refractivity contribution in [1.82, 2.24) is 29.5 Å². The molecule has 0 saturated heterocycles. The van der Waals surface area contributed by atoms with E-state index in [2.05, 4.69) is 26.3 Å². The first kappa shape index (κ1) is 24.2. The number of hydrogen-bond acceptors (Lipinski definition) is 5. The first-order valence-electron chi connectivity index (χ1n) is 12.7. The number of fused-ring (bicyclic) bond motifs is 1. The second-order valence-electron chi connectivity index (χ2n) is 9.72. The third-order valence-corrected chi connectivity index (χ3v) is 6.68. The minimum absolute atomic E-state index is 0.173. The summed E-state index contributed by atoms with van der Waals surface area (Å²) in [6, 6.07) is 17.5. The van der Waals surface area contributed by atoms with Crippen LogP contribution in [-0.4, -0.2) is 35.4 Å². The number of carbonyl (C=O) groups excluding carboxylic acids is 1. The number of aromatic nitrogens is 6. The third kappa shape index (κ3) is 5.04. The highest BCUT2D eigenvalue weighted by atomic mass is 16.1. The van der Waals surface area contributed by atoms with Gasteiger partial charge in [0.25, 0.3) is 5.91 Å². The molecule has 0 aliphatic heterocycles. The van der Waals surface area contributed by atoms with Crippen molar-refractivity contribution in [2.75, 3.05) is 5.32 Å².